The van der Waals surface area contributed by atoms with E-state index in [-0.39, 0.29) is 9.90 Å². The van der Waals surface area contributed by atoms with Crippen LogP contribution in [-0.4, -0.2) is 8.80 Å². The summed E-state index contributed by atoms with van der Waals surface area (Å²) in [6, 6.07) is 21.6. The van der Waals surface area contributed by atoms with Gasteiger partial charge in [-0.1, -0.05) is 77.6 Å². The minimum absolute atomic E-state index is 0. The number of benzene rings is 2. The molecule has 0 bridgehead atoms. The summed E-state index contributed by atoms with van der Waals surface area (Å²) in [5.74, 6) is 0. The van der Waals surface area contributed by atoms with Crippen molar-refractivity contribution in [3.8, 4) is 0 Å². The van der Waals surface area contributed by atoms with Crippen LogP contribution in [0.4, 0.5) is 0 Å². The van der Waals surface area contributed by atoms with E-state index in [1.54, 1.807) is 0 Å². The Morgan fingerprint density at radius 2 is 1.00 bits per heavy atom. The molecule has 1 atom stereocenters. The second kappa shape index (κ2) is 5.84. The van der Waals surface area contributed by atoms with E-state index in [9.17, 15) is 0 Å². The van der Waals surface area contributed by atoms with Crippen LogP contribution in [0.1, 0.15) is 0 Å². The van der Waals surface area contributed by atoms with Crippen LogP contribution in [0.25, 0.3) is 0 Å². The Morgan fingerprint density at radius 1 is 0.667 bits per heavy atom. The lowest BCUT2D eigenvalue weighted by Gasteiger charge is -2.09. The van der Waals surface area contributed by atoms with Crippen molar-refractivity contribution in [1.29, 1.82) is 0 Å². The van der Waals surface area contributed by atoms with Crippen molar-refractivity contribution in [2.24, 2.45) is 0 Å². The summed E-state index contributed by atoms with van der Waals surface area (Å²) in [5, 5.41) is 3.03. The van der Waals surface area contributed by atoms with Crippen molar-refractivity contribution in [2.45, 2.75) is 6.55 Å². The monoisotopic (exact) mass is 232 g/mol. The number of hydrogen-bond acceptors (Lipinski definition) is 0. The first kappa shape index (κ1) is 12.2. The molecule has 0 aliphatic heterocycles. The number of rotatable bonds is 2. The molecule has 0 aliphatic carbocycles. The minimum atomic E-state index is -0.919. The molecule has 0 radical (unpaired) electrons. The molecule has 0 aliphatic rings. The summed E-state index contributed by atoms with van der Waals surface area (Å²) in [6.07, 6.45) is 0. The molecule has 0 nitrogen and oxygen atoms in total. The third-order valence-corrected chi connectivity index (χ3v) is 5.37. The molecule has 2 aromatic rings. The van der Waals surface area contributed by atoms with E-state index in [1.807, 2.05) is 0 Å². The van der Waals surface area contributed by atoms with Gasteiger partial charge in [0.25, 0.3) is 0 Å². The maximum absolute atomic E-state index is 2.38. The summed E-state index contributed by atoms with van der Waals surface area (Å²) in [5.41, 5.74) is 0. The average Bonchev–Trinajstić information content (AvgIpc) is 2.30. The third-order valence-electron chi connectivity index (χ3n) is 2.60. The molecule has 0 fully saturated rings. The molecule has 2 heteroatoms. The highest BCUT2D eigenvalue weighted by molar-refractivity contribution is 6.92. The van der Waals surface area contributed by atoms with Gasteiger partial charge in [0, 0.05) is 0 Å². The fourth-order valence-electron chi connectivity index (χ4n) is 1.68. The van der Waals surface area contributed by atoms with Gasteiger partial charge >= 0.3 is 0 Å². The van der Waals surface area contributed by atoms with E-state index in [4.69, 9.17) is 0 Å². The SMILES string of the molecule is C[SiH](c1ccccc1)c1ccccc1.P. The molecule has 0 saturated carbocycles. The molecule has 15 heavy (non-hydrogen) atoms. The van der Waals surface area contributed by atoms with Crippen LogP contribution in [0.5, 0.6) is 0 Å². The maximum Gasteiger partial charge on any atom is 0.0997 e. The Kier molecular flexibility index (Phi) is 4.74. The molecule has 78 valence electrons. The Labute approximate surface area is 96.6 Å². The fourth-order valence-corrected chi connectivity index (χ4v) is 3.66. The van der Waals surface area contributed by atoms with Gasteiger partial charge in [0.05, 0.1) is 8.80 Å². The smallest absolute Gasteiger partial charge is 0.0997 e. The Bertz CT molecular complexity index is 346. The maximum atomic E-state index is 2.38. The topological polar surface area (TPSA) is 0 Å². The minimum Gasteiger partial charge on any atom is -0.153 e. The van der Waals surface area contributed by atoms with Gasteiger partial charge in [0.15, 0.2) is 0 Å². The second-order valence-corrected chi connectivity index (χ2v) is 6.32. The molecular weight excluding hydrogens is 215 g/mol. The molecule has 0 spiro atoms. The molecule has 0 saturated heterocycles. The summed E-state index contributed by atoms with van der Waals surface area (Å²) in [7, 11) is -0.919. The van der Waals surface area contributed by atoms with Crippen LogP contribution in [0.2, 0.25) is 6.55 Å². The molecule has 0 aromatic heterocycles. The zero-order chi connectivity index (χ0) is 9.80. The highest BCUT2D eigenvalue weighted by Gasteiger charge is 2.07. The Hall–Kier alpha value is -0.913. The first-order chi connectivity index (χ1) is 6.88. The van der Waals surface area contributed by atoms with Crippen molar-refractivity contribution in [1.82, 2.24) is 0 Å². The van der Waals surface area contributed by atoms with Gasteiger partial charge in [-0.25, -0.2) is 0 Å². The normalized spacial score (nSPS) is 9.73. The van der Waals surface area contributed by atoms with Crippen molar-refractivity contribution >= 4 is 29.1 Å². The molecule has 0 N–H and O–H groups in total. The molecule has 1 unspecified atom stereocenters. The number of hydrogen-bond donors (Lipinski definition) is 0. The van der Waals surface area contributed by atoms with E-state index in [2.05, 4.69) is 67.2 Å². The predicted octanol–water partition coefficient (Wildman–Crippen LogP) is 1.72. The summed E-state index contributed by atoms with van der Waals surface area (Å²) >= 11 is 0. The van der Waals surface area contributed by atoms with Crippen molar-refractivity contribution in [2.75, 3.05) is 0 Å². The standard InChI is InChI=1S/C13H14Si.H3P/c1-14(12-8-4-2-5-9-12)13-10-6-3-7-11-13;/h2-11,14H,1H3;1H3. The summed E-state index contributed by atoms with van der Waals surface area (Å²) < 4.78 is 0. The van der Waals surface area contributed by atoms with E-state index < -0.39 is 8.80 Å². The lowest BCUT2D eigenvalue weighted by atomic mass is 10.4. The van der Waals surface area contributed by atoms with Gasteiger partial charge in [0.1, 0.15) is 0 Å². The van der Waals surface area contributed by atoms with Gasteiger partial charge in [-0.05, 0) is 0 Å². The highest BCUT2D eigenvalue weighted by Crippen LogP contribution is 1.91. The van der Waals surface area contributed by atoms with Crippen molar-refractivity contribution in [3.05, 3.63) is 60.7 Å². The molecule has 0 amide bonds. The predicted molar refractivity (Wildman–Crippen MR) is 76.3 cm³/mol. The van der Waals surface area contributed by atoms with Crippen LogP contribution in [0, 0.1) is 0 Å². The zero-order valence-corrected chi connectivity index (χ0v) is 11.6. The van der Waals surface area contributed by atoms with E-state index >= 15 is 0 Å². The van der Waals surface area contributed by atoms with E-state index in [1.165, 1.54) is 10.4 Å². The Morgan fingerprint density at radius 3 is 1.33 bits per heavy atom. The highest BCUT2D eigenvalue weighted by atomic mass is 31.0. The first-order valence-electron chi connectivity index (χ1n) is 4.98. The quantitative estimate of drug-likeness (QED) is 0.546. The van der Waals surface area contributed by atoms with E-state index in [0.717, 1.165) is 0 Å². The van der Waals surface area contributed by atoms with Crippen LogP contribution < -0.4 is 10.4 Å². The van der Waals surface area contributed by atoms with E-state index in [0.29, 0.717) is 0 Å². The third kappa shape index (κ3) is 3.02. The molecule has 2 aromatic carbocycles. The largest absolute Gasteiger partial charge is 0.153 e. The van der Waals surface area contributed by atoms with Gasteiger partial charge < -0.3 is 0 Å². The molecular formula is C13H17PSi. The lowest BCUT2D eigenvalue weighted by Crippen LogP contribution is -2.38. The van der Waals surface area contributed by atoms with Gasteiger partial charge in [-0.15, -0.1) is 0 Å². The summed E-state index contributed by atoms with van der Waals surface area (Å²) in [4.78, 5) is 0. The van der Waals surface area contributed by atoms with Crippen LogP contribution >= 0.6 is 9.90 Å². The Balaban J connectivity index is 0.00000112. The van der Waals surface area contributed by atoms with Gasteiger partial charge in [-0.2, -0.15) is 9.90 Å². The van der Waals surface area contributed by atoms with Gasteiger partial charge in [0.2, 0.25) is 0 Å². The molecule has 0 heterocycles. The van der Waals surface area contributed by atoms with Crippen LogP contribution in [0.15, 0.2) is 60.7 Å². The van der Waals surface area contributed by atoms with Crippen molar-refractivity contribution < 1.29 is 0 Å². The molecule has 2 rings (SSSR count). The lowest BCUT2D eigenvalue weighted by molar-refractivity contribution is 1.72. The fraction of sp³-hybridized carbons (Fsp3) is 0.0769. The van der Waals surface area contributed by atoms with Gasteiger partial charge in [-0.3, -0.25) is 0 Å². The van der Waals surface area contributed by atoms with Crippen molar-refractivity contribution in [3.63, 3.8) is 0 Å². The van der Waals surface area contributed by atoms with Crippen LogP contribution in [-0.2, 0) is 0 Å². The first-order valence-corrected chi connectivity index (χ1v) is 7.29. The summed E-state index contributed by atoms with van der Waals surface area (Å²) in [6.45, 7) is 2.38. The average molecular weight is 232 g/mol. The van der Waals surface area contributed by atoms with Crippen LogP contribution in [0.3, 0.4) is 0 Å². The zero-order valence-electron chi connectivity index (χ0n) is 9.06. The second-order valence-electron chi connectivity index (χ2n) is 3.54.